The van der Waals surface area contributed by atoms with Crippen molar-refractivity contribution in [2.75, 3.05) is 0 Å². The first-order valence-electron chi connectivity index (χ1n) is 5.25. The number of aliphatic imine (C=N–C) groups is 1. The van der Waals surface area contributed by atoms with Gasteiger partial charge in [0.2, 0.25) is 0 Å². The third-order valence-electron chi connectivity index (χ3n) is 2.38. The maximum absolute atomic E-state index is 13.3. The van der Waals surface area contributed by atoms with Crippen LogP contribution in [0.3, 0.4) is 0 Å². The van der Waals surface area contributed by atoms with E-state index in [1.54, 1.807) is 36.4 Å². The molecule has 0 aromatic heterocycles. The normalized spacial score (nSPS) is 10.9. The van der Waals surface area contributed by atoms with E-state index in [1.807, 2.05) is 6.92 Å². The molecule has 0 saturated carbocycles. The van der Waals surface area contributed by atoms with Crippen LogP contribution in [0.25, 0.3) is 0 Å². The SMILES string of the molecule is Cc1ccc(O)c(/C=N/c2ccccc2F)c1. The number of hydrogen-bond acceptors (Lipinski definition) is 2. The molecule has 2 rings (SSSR count). The second-order valence-electron chi connectivity index (χ2n) is 3.77. The van der Waals surface area contributed by atoms with E-state index in [0.717, 1.165) is 5.56 Å². The molecule has 0 heterocycles. The number of halogens is 1. The first-order valence-corrected chi connectivity index (χ1v) is 5.25. The van der Waals surface area contributed by atoms with Gasteiger partial charge in [0.25, 0.3) is 0 Å². The van der Waals surface area contributed by atoms with Crippen LogP contribution in [0.15, 0.2) is 47.5 Å². The Morgan fingerprint density at radius 2 is 1.94 bits per heavy atom. The van der Waals surface area contributed by atoms with Gasteiger partial charge < -0.3 is 5.11 Å². The molecule has 0 saturated heterocycles. The van der Waals surface area contributed by atoms with Crippen LogP contribution in [0.2, 0.25) is 0 Å². The van der Waals surface area contributed by atoms with Gasteiger partial charge in [-0.25, -0.2) is 4.39 Å². The highest BCUT2D eigenvalue weighted by molar-refractivity contribution is 5.85. The Balaban J connectivity index is 2.32. The van der Waals surface area contributed by atoms with Gasteiger partial charge in [-0.3, -0.25) is 4.99 Å². The van der Waals surface area contributed by atoms with Gasteiger partial charge in [-0.15, -0.1) is 0 Å². The summed E-state index contributed by atoms with van der Waals surface area (Å²) < 4.78 is 13.3. The number of hydrogen-bond donors (Lipinski definition) is 1. The van der Waals surface area contributed by atoms with Crippen molar-refractivity contribution >= 4 is 11.9 Å². The lowest BCUT2D eigenvalue weighted by Gasteiger charge is -2.00. The lowest BCUT2D eigenvalue weighted by Crippen LogP contribution is -1.84. The number of aryl methyl sites for hydroxylation is 1. The number of aromatic hydroxyl groups is 1. The summed E-state index contributed by atoms with van der Waals surface area (Å²) in [7, 11) is 0. The molecule has 1 N–H and O–H groups in total. The summed E-state index contributed by atoms with van der Waals surface area (Å²) in [6.45, 7) is 1.92. The first-order chi connectivity index (χ1) is 8.16. The van der Waals surface area contributed by atoms with Gasteiger partial charge in [0.15, 0.2) is 0 Å². The van der Waals surface area contributed by atoms with Crippen molar-refractivity contribution in [3.8, 4) is 5.75 Å². The molecule has 0 unspecified atom stereocenters. The number of phenols is 1. The van der Waals surface area contributed by atoms with Crippen LogP contribution in [-0.2, 0) is 0 Å². The van der Waals surface area contributed by atoms with E-state index < -0.39 is 0 Å². The van der Waals surface area contributed by atoms with Gasteiger partial charge >= 0.3 is 0 Å². The largest absolute Gasteiger partial charge is 0.507 e. The monoisotopic (exact) mass is 229 g/mol. The molecule has 0 aliphatic carbocycles. The topological polar surface area (TPSA) is 32.6 Å². The Bertz CT molecular complexity index is 564. The highest BCUT2D eigenvalue weighted by Gasteiger charge is 2.00. The highest BCUT2D eigenvalue weighted by Crippen LogP contribution is 2.19. The minimum atomic E-state index is -0.379. The van der Waals surface area contributed by atoms with Crippen LogP contribution < -0.4 is 0 Å². The average Bonchev–Trinajstić information content (AvgIpc) is 2.32. The van der Waals surface area contributed by atoms with E-state index in [0.29, 0.717) is 5.56 Å². The Labute approximate surface area is 99.1 Å². The van der Waals surface area contributed by atoms with Crippen molar-refractivity contribution in [3.05, 3.63) is 59.4 Å². The predicted molar refractivity (Wildman–Crippen MR) is 66.5 cm³/mol. The Hall–Kier alpha value is -2.16. The Kier molecular flexibility index (Phi) is 3.19. The zero-order valence-electron chi connectivity index (χ0n) is 9.39. The van der Waals surface area contributed by atoms with Crippen molar-refractivity contribution in [1.82, 2.24) is 0 Å². The van der Waals surface area contributed by atoms with Gasteiger partial charge in [-0.05, 0) is 31.2 Å². The molecular weight excluding hydrogens is 217 g/mol. The predicted octanol–water partition coefficient (Wildman–Crippen LogP) is 3.59. The number of rotatable bonds is 2. The van der Waals surface area contributed by atoms with Crippen LogP contribution in [0.4, 0.5) is 10.1 Å². The maximum Gasteiger partial charge on any atom is 0.148 e. The van der Waals surface area contributed by atoms with E-state index in [2.05, 4.69) is 4.99 Å². The first kappa shape index (κ1) is 11.3. The van der Waals surface area contributed by atoms with Crippen LogP contribution in [-0.4, -0.2) is 11.3 Å². The van der Waals surface area contributed by atoms with Crippen LogP contribution in [0.5, 0.6) is 5.75 Å². The molecule has 0 fully saturated rings. The van der Waals surface area contributed by atoms with Gasteiger partial charge in [0, 0.05) is 11.8 Å². The molecular formula is C14H12FNO. The van der Waals surface area contributed by atoms with E-state index in [4.69, 9.17) is 0 Å². The highest BCUT2D eigenvalue weighted by atomic mass is 19.1. The van der Waals surface area contributed by atoms with Crippen LogP contribution in [0.1, 0.15) is 11.1 Å². The van der Waals surface area contributed by atoms with E-state index in [1.165, 1.54) is 12.3 Å². The summed E-state index contributed by atoms with van der Waals surface area (Å²) in [4.78, 5) is 4.02. The summed E-state index contributed by atoms with van der Waals surface area (Å²) in [5.41, 5.74) is 1.85. The molecule has 0 aliphatic heterocycles. The molecule has 0 atom stereocenters. The summed E-state index contributed by atoms with van der Waals surface area (Å²) in [5.74, 6) is -0.244. The van der Waals surface area contributed by atoms with Crippen LogP contribution in [0, 0.1) is 12.7 Å². The van der Waals surface area contributed by atoms with Gasteiger partial charge in [0.05, 0.1) is 5.69 Å². The number of nitrogens with zero attached hydrogens (tertiary/aromatic N) is 1. The third kappa shape index (κ3) is 2.69. The van der Waals surface area contributed by atoms with E-state index in [-0.39, 0.29) is 17.3 Å². The molecule has 2 aromatic carbocycles. The minimum absolute atomic E-state index is 0.135. The molecule has 2 aromatic rings. The zero-order valence-corrected chi connectivity index (χ0v) is 9.39. The molecule has 0 bridgehead atoms. The summed E-state index contributed by atoms with van der Waals surface area (Å²) in [6, 6.07) is 11.4. The van der Waals surface area contributed by atoms with Gasteiger partial charge in [-0.2, -0.15) is 0 Å². The number of phenolic OH excluding ortho intramolecular Hbond substituents is 1. The lowest BCUT2D eigenvalue weighted by molar-refractivity contribution is 0.474. The van der Waals surface area contributed by atoms with Crippen molar-refractivity contribution in [2.45, 2.75) is 6.92 Å². The molecule has 2 nitrogen and oxygen atoms in total. The summed E-state index contributed by atoms with van der Waals surface area (Å²) in [5, 5.41) is 9.60. The van der Waals surface area contributed by atoms with E-state index in [9.17, 15) is 9.50 Å². The lowest BCUT2D eigenvalue weighted by atomic mass is 10.1. The fourth-order valence-electron chi connectivity index (χ4n) is 1.47. The average molecular weight is 229 g/mol. The molecule has 0 amide bonds. The molecule has 0 aliphatic rings. The minimum Gasteiger partial charge on any atom is -0.507 e. The van der Waals surface area contributed by atoms with Crippen LogP contribution >= 0.6 is 0 Å². The van der Waals surface area contributed by atoms with Gasteiger partial charge in [0.1, 0.15) is 11.6 Å². The second-order valence-corrected chi connectivity index (χ2v) is 3.77. The summed E-state index contributed by atoms with van der Waals surface area (Å²) >= 11 is 0. The Morgan fingerprint density at radius 3 is 2.71 bits per heavy atom. The second kappa shape index (κ2) is 4.78. The number of para-hydroxylation sites is 1. The third-order valence-corrected chi connectivity index (χ3v) is 2.38. The molecule has 17 heavy (non-hydrogen) atoms. The quantitative estimate of drug-likeness (QED) is 0.784. The molecule has 3 heteroatoms. The standard InChI is InChI=1S/C14H12FNO/c1-10-6-7-14(17)11(8-10)9-16-13-5-3-2-4-12(13)15/h2-9,17H,1H3/b16-9+. The van der Waals surface area contributed by atoms with Gasteiger partial charge in [-0.1, -0.05) is 23.8 Å². The summed E-state index contributed by atoms with van der Waals surface area (Å²) in [6.07, 6.45) is 1.46. The van der Waals surface area contributed by atoms with E-state index >= 15 is 0 Å². The van der Waals surface area contributed by atoms with Crippen molar-refractivity contribution in [3.63, 3.8) is 0 Å². The fourth-order valence-corrected chi connectivity index (χ4v) is 1.47. The van der Waals surface area contributed by atoms with Crippen molar-refractivity contribution in [1.29, 1.82) is 0 Å². The van der Waals surface area contributed by atoms with Crippen molar-refractivity contribution < 1.29 is 9.50 Å². The smallest absolute Gasteiger partial charge is 0.148 e. The molecule has 86 valence electrons. The zero-order chi connectivity index (χ0) is 12.3. The van der Waals surface area contributed by atoms with Crippen molar-refractivity contribution in [2.24, 2.45) is 4.99 Å². The Morgan fingerprint density at radius 1 is 1.18 bits per heavy atom. The maximum atomic E-state index is 13.3. The molecule has 0 radical (unpaired) electrons. The number of benzene rings is 2. The molecule has 0 spiro atoms. The fraction of sp³-hybridized carbons (Fsp3) is 0.0714.